The maximum atomic E-state index is 12.3. The molecule has 3 rings (SSSR count). The van der Waals surface area contributed by atoms with E-state index in [9.17, 15) is 24.5 Å². The number of carbonyl (C=O) groups excluding carboxylic acids is 2. The summed E-state index contributed by atoms with van der Waals surface area (Å²) in [6.45, 7) is 1.98. The molecule has 1 aromatic rings. The molecule has 0 bridgehead atoms. The molecule has 2 aliphatic heterocycles. The van der Waals surface area contributed by atoms with Gasteiger partial charge in [-0.1, -0.05) is 6.07 Å². The van der Waals surface area contributed by atoms with Gasteiger partial charge in [0, 0.05) is 0 Å². The standard InChI is InChI=1S/C17H23BN4O7/c1-8(21-15(23)14(19)20)16(24)22-6-10(7-22)28-11-3-2-9-4-5-18(27)29-13(9)12(11)17(25)26/h2-3,8,10,14,27H,4-7,19-20H2,1H3,(H,21,23)(H,25,26)/t8-/m0/s1. The molecule has 0 radical (unpaired) electrons. The molecule has 11 nitrogen and oxygen atoms in total. The predicted octanol–water partition coefficient (Wildman–Crippen LogP) is -1.86. The van der Waals surface area contributed by atoms with E-state index in [4.69, 9.17) is 20.9 Å². The van der Waals surface area contributed by atoms with Gasteiger partial charge in [0.2, 0.25) is 5.91 Å². The molecule has 156 valence electrons. The Bertz CT molecular complexity index is 828. The minimum absolute atomic E-state index is 0.107. The van der Waals surface area contributed by atoms with Gasteiger partial charge in [0.05, 0.1) is 13.1 Å². The first-order valence-corrected chi connectivity index (χ1v) is 9.18. The van der Waals surface area contributed by atoms with Crippen LogP contribution in [0.15, 0.2) is 12.1 Å². The summed E-state index contributed by atoms with van der Waals surface area (Å²) < 4.78 is 11.1. The molecule has 0 saturated carbocycles. The first-order chi connectivity index (χ1) is 13.7. The molecule has 2 heterocycles. The Morgan fingerprint density at radius 3 is 2.66 bits per heavy atom. The summed E-state index contributed by atoms with van der Waals surface area (Å²) in [5.41, 5.74) is 11.1. The molecular formula is C17H23BN4O7. The average Bonchev–Trinajstić information content (AvgIpc) is 2.62. The molecule has 0 spiro atoms. The smallest absolute Gasteiger partial charge is 0.522 e. The van der Waals surface area contributed by atoms with Crippen molar-refractivity contribution in [3.8, 4) is 11.5 Å². The summed E-state index contributed by atoms with van der Waals surface area (Å²) in [5.74, 6) is -1.98. The molecule has 1 aromatic carbocycles. The number of likely N-dealkylation sites (tertiary alicyclic amines) is 1. The Morgan fingerprint density at radius 1 is 1.34 bits per heavy atom. The van der Waals surface area contributed by atoms with Crippen molar-refractivity contribution in [2.45, 2.75) is 38.0 Å². The monoisotopic (exact) mass is 406 g/mol. The van der Waals surface area contributed by atoms with Crippen LogP contribution in [0.5, 0.6) is 11.5 Å². The van der Waals surface area contributed by atoms with Crippen molar-refractivity contribution in [1.29, 1.82) is 0 Å². The van der Waals surface area contributed by atoms with Crippen molar-refractivity contribution in [2.75, 3.05) is 13.1 Å². The van der Waals surface area contributed by atoms with Crippen LogP contribution in [-0.2, 0) is 16.0 Å². The van der Waals surface area contributed by atoms with E-state index in [1.165, 1.54) is 11.8 Å². The number of ether oxygens (including phenoxy) is 1. The summed E-state index contributed by atoms with van der Waals surface area (Å²) in [6, 6.07) is 2.46. The van der Waals surface area contributed by atoms with Crippen LogP contribution in [0.25, 0.3) is 0 Å². The number of nitrogens with two attached hydrogens (primary N) is 2. The number of carboxylic acids is 1. The second-order valence-corrected chi connectivity index (χ2v) is 7.08. The molecule has 1 atom stereocenters. The molecular weight excluding hydrogens is 383 g/mol. The van der Waals surface area contributed by atoms with Gasteiger partial charge >= 0.3 is 13.1 Å². The number of rotatable bonds is 6. The first-order valence-electron chi connectivity index (χ1n) is 9.18. The van der Waals surface area contributed by atoms with Crippen LogP contribution in [-0.4, -0.2) is 71.3 Å². The average molecular weight is 406 g/mol. The third kappa shape index (κ3) is 4.44. The second-order valence-electron chi connectivity index (χ2n) is 7.08. The number of benzene rings is 1. The number of fused-ring (bicyclic) bond motifs is 1. The highest BCUT2D eigenvalue weighted by molar-refractivity contribution is 6.44. The van der Waals surface area contributed by atoms with Gasteiger partial charge in [-0.2, -0.15) is 0 Å². The van der Waals surface area contributed by atoms with E-state index in [0.717, 1.165) is 0 Å². The molecule has 12 heteroatoms. The fraction of sp³-hybridized carbons (Fsp3) is 0.471. The van der Waals surface area contributed by atoms with Crippen LogP contribution >= 0.6 is 0 Å². The molecule has 1 saturated heterocycles. The Kier molecular flexibility index (Phi) is 5.96. The number of amides is 2. The number of hydrogen-bond acceptors (Lipinski definition) is 8. The molecule has 2 amide bonds. The van der Waals surface area contributed by atoms with Crippen molar-refractivity contribution in [2.24, 2.45) is 11.5 Å². The Labute approximate surface area is 167 Å². The van der Waals surface area contributed by atoms with E-state index < -0.39 is 37.3 Å². The van der Waals surface area contributed by atoms with E-state index in [0.29, 0.717) is 18.3 Å². The number of nitrogens with zero attached hydrogens (tertiary/aromatic N) is 1. The molecule has 0 unspecified atom stereocenters. The maximum Gasteiger partial charge on any atom is 0.522 e. The zero-order valence-electron chi connectivity index (χ0n) is 15.8. The molecule has 29 heavy (non-hydrogen) atoms. The lowest BCUT2D eigenvalue weighted by molar-refractivity contribution is -0.143. The highest BCUT2D eigenvalue weighted by Crippen LogP contribution is 2.37. The summed E-state index contributed by atoms with van der Waals surface area (Å²) in [4.78, 5) is 37.0. The van der Waals surface area contributed by atoms with Crippen molar-refractivity contribution in [3.63, 3.8) is 0 Å². The lowest BCUT2D eigenvalue weighted by Gasteiger charge is -2.40. The largest absolute Gasteiger partial charge is 0.535 e. The van der Waals surface area contributed by atoms with Gasteiger partial charge < -0.3 is 41.2 Å². The topological polar surface area (TPSA) is 177 Å². The lowest BCUT2D eigenvalue weighted by Crippen LogP contribution is -2.61. The zero-order valence-corrected chi connectivity index (χ0v) is 15.8. The Balaban J connectivity index is 1.63. The predicted molar refractivity (Wildman–Crippen MR) is 101 cm³/mol. The fourth-order valence-electron chi connectivity index (χ4n) is 3.23. The van der Waals surface area contributed by atoms with E-state index >= 15 is 0 Å². The molecule has 2 aliphatic rings. The third-order valence-electron chi connectivity index (χ3n) is 4.81. The molecule has 0 aromatic heterocycles. The van der Waals surface area contributed by atoms with Crippen LogP contribution in [0.1, 0.15) is 22.8 Å². The summed E-state index contributed by atoms with van der Waals surface area (Å²) >= 11 is 0. The van der Waals surface area contributed by atoms with E-state index in [1.807, 2.05) is 0 Å². The molecule has 1 fully saturated rings. The normalized spacial score (nSPS) is 17.1. The van der Waals surface area contributed by atoms with Gasteiger partial charge in [-0.05, 0) is 31.3 Å². The van der Waals surface area contributed by atoms with Crippen molar-refractivity contribution in [3.05, 3.63) is 23.3 Å². The number of hydrogen-bond donors (Lipinski definition) is 5. The number of aromatic carboxylic acids is 1. The minimum atomic E-state index is -1.23. The highest BCUT2D eigenvalue weighted by atomic mass is 16.5. The third-order valence-corrected chi connectivity index (χ3v) is 4.81. The van der Waals surface area contributed by atoms with Crippen LogP contribution in [0.4, 0.5) is 0 Å². The minimum Gasteiger partial charge on any atom is -0.535 e. The van der Waals surface area contributed by atoms with Crippen LogP contribution in [0, 0.1) is 0 Å². The summed E-state index contributed by atoms with van der Waals surface area (Å²) in [7, 11) is -1.06. The van der Waals surface area contributed by atoms with Crippen LogP contribution in [0.2, 0.25) is 6.32 Å². The van der Waals surface area contributed by atoms with Gasteiger partial charge in [0.25, 0.3) is 5.91 Å². The number of carbonyl (C=O) groups is 3. The number of carboxylic acid groups (broad SMARTS) is 1. The highest BCUT2D eigenvalue weighted by Gasteiger charge is 2.37. The van der Waals surface area contributed by atoms with E-state index in [2.05, 4.69) is 5.32 Å². The SMILES string of the molecule is C[C@H](NC(=O)C(N)N)C(=O)N1CC(Oc2ccc3c(c2C(=O)O)OB(O)CC3)C1. The zero-order chi connectivity index (χ0) is 21.3. The number of aryl methyl sites for hydroxylation is 1. The summed E-state index contributed by atoms with van der Waals surface area (Å²) in [6.07, 6.45) is -0.741. The van der Waals surface area contributed by atoms with Crippen molar-refractivity contribution in [1.82, 2.24) is 10.2 Å². The van der Waals surface area contributed by atoms with Gasteiger partial charge in [0.1, 0.15) is 35.4 Å². The van der Waals surface area contributed by atoms with Crippen molar-refractivity contribution < 1.29 is 33.9 Å². The van der Waals surface area contributed by atoms with Gasteiger partial charge in [0.15, 0.2) is 0 Å². The van der Waals surface area contributed by atoms with E-state index in [-0.39, 0.29) is 36.1 Å². The Morgan fingerprint density at radius 2 is 2.03 bits per heavy atom. The van der Waals surface area contributed by atoms with Crippen LogP contribution < -0.4 is 26.2 Å². The maximum absolute atomic E-state index is 12.3. The molecule has 0 aliphatic carbocycles. The van der Waals surface area contributed by atoms with Crippen molar-refractivity contribution >= 4 is 24.9 Å². The van der Waals surface area contributed by atoms with Gasteiger partial charge in [-0.15, -0.1) is 0 Å². The second kappa shape index (κ2) is 8.27. The Hall–Kier alpha value is -2.83. The van der Waals surface area contributed by atoms with Crippen LogP contribution in [0.3, 0.4) is 0 Å². The quantitative estimate of drug-likeness (QED) is 0.268. The number of nitrogens with one attached hydrogen (secondary N) is 1. The van der Waals surface area contributed by atoms with E-state index in [1.54, 1.807) is 12.1 Å². The summed E-state index contributed by atoms with van der Waals surface area (Å²) in [5, 5.41) is 21.7. The first kappa shape index (κ1) is 20.9. The van der Waals surface area contributed by atoms with Gasteiger partial charge in [-0.25, -0.2) is 4.79 Å². The lowest BCUT2D eigenvalue weighted by atomic mass is 9.78. The van der Waals surface area contributed by atoms with Gasteiger partial charge in [-0.3, -0.25) is 9.59 Å². The fourth-order valence-corrected chi connectivity index (χ4v) is 3.23. The molecule has 7 N–H and O–H groups in total.